The Kier molecular flexibility index (Phi) is 7.67. The molecule has 1 saturated heterocycles. The molecular formula is C23H24BrN3O3S. The molecule has 1 N–H and O–H groups in total. The molecule has 0 radical (unpaired) electrons. The van der Waals surface area contributed by atoms with Gasteiger partial charge in [-0.1, -0.05) is 41.5 Å². The zero-order chi connectivity index (χ0) is 22.5. The quantitative estimate of drug-likeness (QED) is 0.524. The minimum atomic E-state index is -0.524. The first-order chi connectivity index (χ1) is 14.7. The van der Waals surface area contributed by atoms with Crippen molar-refractivity contribution in [2.75, 3.05) is 11.9 Å². The molecular weight excluding hydrogens is 478 g/mol. The van der Waals surface area contributed by atoms with Crippen LogP contribution in [0.1, 0.15) is 37.6 Å². The van der Waals surface area contributed by atoms with Gasteiger partial charge in [-0.05, 0) is 61.4 Å². The first-order valence-electron chi connectivity index (χ1n) is 9.96. The molecule has 0 aliphatic carbocycles. The summed E-state index contributed by atoms with van der Waals surface area (Å²) in [6.07, 6.45) is 0.0659. The fraction of sp³-hybridized carbons (Fsp3) is 0.304. The monoisotopic (exact) mass is 501 g/mol. The van der Waals surface area contributed by atoms with E-state index in [9.17, 15) is 14.4 Å². The van der Waals surface area contributed by atoms with Gasteiger partial charge in [-0.25, -0.2) is 4.99 Å². The molecule has 1 aliphatic rings. The molecule has 162 valence electrons. The molecule has 1 heterocycles. The van der Waals surface area contributed by atoms with Gasteiger partial charge in [0.15, 0.2) is 11.0 Å². The van der Waals surface area contributed by atoms with E-state index in [0.717, 1.165) is 4.47 Å². The summed E-state index contributed by atoms with van der Waals surface area (Å²) in [4.78, 5) is 43.3. The Balaban J connectivity index is 1.75. The molecule has 31 heavy (non-hydrogen) atoms. The lowest BCUT2D eigenvalue weighted by molar-refractivity contribution is -0.128. The van der Waals surface area contributed by atoms with Gasteiger partial charge in [0.25, 0.3) is 0 Å². The zero-order valence-corrected chi connectivity index (χ0v) is 20.0. The van der Waals surface area contributed by atoms with E-state index in [1.54, 1.807) is 41.3 Å². The van der Waals surface area contributed by atoms with Crippen molar-refractivity contribution in [1.29, 1.82) is 0 Å². The summed E-state index contributed by atoms with van der Waals surface area (Å²) in [6, 6.07) is 14.3. The molecule has 2 aromatic carbocycles. The predicted octanol–water partition coefficient (Wildman–Crippen LogP) is 5.27. The van der Waals surface area contributed by atoms with Crippen LogP contribution in [0, 0.1) is 5.92 Å². The highest BCUT2D eigenvalue weighted by atomic mass is 79.9. The topological polar surface area (TPSA) is 78.8 Å². The van der Waals surface area contributed by atoms with E-state index < -0.39 is 5.25 Å². The summed E-state index contributed by atoms with van der Waals surface area (Å²) in [5.74, 6) is -0.0819. The molecule has 1 fully saturated rings. The Morgan fingerprint density at radius 1 is 1.13 bits per heavy atom. The van der Waals surface area contributed by atoms with Crippen molar-refractivity contribution in [2.45, 2.75) is 32.4 Å². The Labute approximate surface area is 194 Å². The minimum Gasteiger partial charge on any atom is -0.326 e. The van der Waals surface area contributed by atoms with Crippen LogP contribution in [0.4, 0.5) is 11.4 Å². The molecule has 1 atom stereocenters. The highest BCUT2D eigenvalue weighted by Gasteiger charge is 2.39. The van der Waals surface area contributed by atoms with E-state index in [1.807, 2.05) is 26.0 Å². The van der Waals surface area contributed by atoms with E-state index in [1.165, 1.54) is 18.7 Å². The third-order valence-electron chi connectivity index (χ3n) is 4.57. The van der Waals surface area contributed by atoms with Gasteiger partial charge in [-0.15, -0.1) is 0 Å². The van der Waals surface area contributed by atoms with E-state index in [0.29, 0.717) is 28.7 Å². The Morgan fingerprint density at radius 3 is 2.35 bits per heavy atom. The number of aliphatic imine (C=N–C) groups is 1. The molecule has 1 aliphatic heterocycles. The lowest BCUT2D eigenvalue weighted by Gasteiger charge is -2.18. The van der Waals surface area contributed by atoms with Crippen molar-refractivity contribution in [3.05, 3.63) is 58.6 Å². The minimum absolute atomic E-state index is 0.0112. The smallest absolute Gasteiger partial charge is 0.242 e. The first kappa shape index (κ1) is 23.2. The largest absolute Gasteiger partial charge is 0.326 e. The normalized spacial score (nSPS) is 17.5. The SMILES string of the molecule is CC(=O)c1ccc(N=C2S[C@@H](CC(=O)Nc3ccc(Br)cc3)C(=O)N2CC(C)C)cc1. The van der Waals surface area contributed by atoms with Gasteiger partial charge >= 0.3 is 0 Å². The van der Waals surface area contributed by atoms with Crippen LogP contribution in [-0.2, 0) is 9.59 Å². The molecule has 0 unspecified atom stereocenters. The van der Waals surface area contributed by atoms with Crippen LogP contribution < -0.4 is 5.32 Å². The van der Waals surface area contributed by atoms with Gasteiger partial charge in [0.1, 0.15) is 5.25 Å². The Hall–Kier alpha value is -2.45. The molecule has 0 spiro atoms. The van der Waals surface area contributed by atoms with Crippen LogP contribution in [0.3, 0.4) is 0 Å². The van der Waals surface area contributed by atoms with Gasteiger partial charge in [0, 0.05) is 28.7 Å². The molecule has 8 heteroatoms. The number of benzene rings is 2. The third kappa shape index (κ3) is 6.27. The number of anilines is 1. The van der Waals surface area contributed by atoms with Crippen molar-refractivity contribution >= 4 is 61.8 Å². The van der Waals surface area contributed by atoms with Gasteiger partial charge in [0.05, 0.1) is 5.69 Å². The fourth-order valence-corrected chi connectivity index (χ4v) is 4.48. The van der Waals surface area contributed by atoms with Crippen LogP contribution in [0.25, 0.3) is 0 Å². The average Bonchev–Trinajstić information content (AvgIpc) is 2.98. The first-order valence-corrected chi connectivity index (χ1v) is 11.6. The number of rotatable bonds is 7. The number of amides is 2. The number of carbonyl (C=O) groups is 3. The lowest BCUT2D eigenvalue weighted by Crippen LogP contribution is -2.36. The highest BCUT2D eigenvalue weighted by molar-refractivity contribution is 9.10. The average molecular weight is 502 g/mol. The zero-order valence-electron chi connectivity index (χ0n) is 17.6. The maximum Gasteiger partial charge on any atom is 0.242 e. The molecule has 0 saturated carbocycles. The summed E-state index contributed by atoms with van der Waals surface area (Å²) < 4.78 is 0.925. The maximum atomic E-state index is 13.0. The number of halogens is 1. The van der Waals surface area contributed by atoms with Crippen molar-refractivity contribution in [1.82, 2.24) is 4.90 Å². The van der Waals surface area contributed by atoms with Crippen molar-refractivity contribution in [3.8, 4) is 0 Å². The second-order valence-corrected chi connectivity index (χ2v) is 9.79. The van der Waals surface area contributed by atoms with E-state index in [-0.39, 0.29) is 29.9 Å². The molecule has 2 aromatic rings. The number of carbonyl (C=O) groups excluding carboxylic acids is 3. The Bertz CT molecular complexity index is 1000. The second kappa shape index (κ2) is 10.2. The summed E-state index contributed by atoms with van der Waals surface area (Å²) in [5.41, 5.74) is 1.96. The summed E-state index contributed by atoms with van der Waals surface area (Å²) in [7, 11) is 0. The molecule has 3 rings (SSSR count). The van der Waals surface area contributed by atoms with Crippen LogP contribution in [-0.4, -0.2) is 39.5 Å². The molecule has 0 aromatic heterocycles. The van der Waals surface area contributed by atoms with Gasteiger partial charge in [-0.2, -0.15) is 0 Å². The second-order valence-electron chi connectivity index (χ2n) is 7.71. The molecule has 6 nitrogen and oxygen atoms in total. The lowest BCUT2D eigenvalue weighted by atomic mass is 10.1. The summed E-state index contributed by atoms with van der Waals surface area (Å²) in [5, 5.41) is 2.89. The Morgan fingerprint density at radius 2 is 1.77 bits per heavy atom. The van der Waals surface area contributed by atoms with E-state index >= 15 is 0 Å². The number of hydrogen-bond acceptors (Lipinski definition) is 5. The highest BCUT2D eigenvalue weighted by Crippen LogP contribution is 2.32. The van der Waals surface area contributed by atoms with Crippen LogP contribution in [0.15, 0.2) is 58.0 Å². The van der Waals surface area contributed by atoms with Crippen LogP contribution in [0.2, 0.25) is 0 Å². The number of ketones is 1. The van der Waals surface area contributed by atoms with Crippen LogP contribution in [0.5, 0.6) is 0 Å². The van der Waals surface area contributed by atoms with E-state index in [4.69, 9.17) is 0 Å². The summed E-state index contributed by atoms with van der Waals surface area (Å²) in [6.45, 7) is 6.11. The van der Waals surface area contributed by atoms with Crippen molar-refractivity contribution in [3.63, 3.8) is 0 Å². The molecule has 2 amide bonds. The van der Waals surface area contributed by atoms with Gasteiger partial charge < -0.3 is 5.32 Å². The number of nitrogens with zero attached hydrogens (tertiary/aromatic N) is 2. The summed E-state index contributed by atoms with van der Waals surface area (Å²) >= 11 is 4.67. The number of hydrogen-bond donors (Lipinski definition) is 1. The number of Topliss-reactive ketones (excluding diaryl/α,β-unsaturated/α-hetero) is 1. The number of thioether (sulfide) groups is 1. The van der Waals surface area contributed by atoms with Crippen LogP contribution >= 0.6 is 27.7 Å². The van der Waals surface area contributed by atoms with Crippen molar-refractivity contribution in [2.24, 2.45) is 10.9 Å². The van der Waals surface area contributed by atoms with Gasteiger partial charge in [0.2, 0.25) is 11.8 Å². The number of nitrogens with one attached hydrogen (secondary N) is 1. The molecule has 0 bridgehead atoms. The third-order valence-corrected chi connectivity index (χ3v) is 6.27. The van der Waals surface area contributed by atoms with Crippen molar-refractivity contribution < 1.29 is 14.4 Å². The standard InChI is InChI=1S/C23H24BrN3O3S/c1-14(2)13-27-22(30)20(12-21(29)25-18-10-6-17(24)7-11-18)31-23(27)26-19-8-4-16(5-9-19)15(3)28/h4-11,14,20H,12-13H2,1-3H3,(H,25,29)/t20-/m0/s1. The fourth-order valence-electron chi connectivity index (χ4n) is 3.05. The van der Waals surface area contributed by atoms with Gasteiger partial charge in [-0.3, -0.25) is 19.3 Å². The number of amidine groups is 1. The maximum absolute atomic E-state index is 13.0. The van der Waals surface area contributed by atoms with E-state index in [2.05, 4.69) is 26.2 Å². The predicted molar refractivity (Wildman–Crippen MR) is 129 cm³/mol.